The number of hydrogen-bond donors (Lipinski definition) is 2. The topological polar surface area (TPSA) is 55.1 Å². The highest BCUT2D eigenvalue weighted by Gasteiger charge is 2.21. The minimum absolute atomic E-state index is 0.116. The quantitative estimate of drug-likeness (QED) is 0.385. The average Bonchev–Trinajstić information content (AvgIpc) is 3.09. The Labute approximate surface area is 185 Å². The molecule has 0 radical (unpaired) electrons. The summed E-state index contributed by atoms with van der Waals surface area (Å²) in [5.74, 6) is -0.426. The predicted octanol–water partition coefficient (Wildman–Crippen LogP) is 5.77. The number of nitrogens with one attached hydrogen (secondary N) is 1. The first-order chi connectivity index (χ1) is 15.0. The standard InChI is InChI=1S/C26H23FN2OS/c1-31-23-8-5-17(6-9-23)11-19-13-20(25-15-21(27)7-10-24(19)25)14-26(30)29-16-18-3-2-4-22(28)12-18/h2-13,15H,14,16,28H2,1H3,(H,29,30)/b19-11+. The molecular weight excluding hydrogens is 407 g/mol. The zero-order valence-corrected chi connectivity index (χ0v) is 18.0. The lowest BCUT2D eigenvalue weighted by Gasteiger charge is -2.08. The minimum atomic E-state index is -0.310. The van der Waals surface area contributed by atoms with E-state index >= 15 is 0 Å². The van der Waals surface area contributed by atoms with Crippen molar-refractivity contribution in [2.24, 2.45) is 0 Å². The SMILES string of the molecule is CSc1ccc(/C=C2\C=C(CC(=O)NCc3cccc(N)c3)c3cc(F)ccc32)cc1. The average molecular weight is 431 g/mol. The summed E-state index contributed by atoms with van der Waals surface area (Å²) >= 11 is 1.70. The molecule has 4 rings (SSSR count). The zero-order valence-electron chi connectivity index (χ0n) is 17.2. The molecule has 0 bridgehead atoms. The molecule has 5 heteroatoms. The molecule has 0 aromatic heterocycles. The molecule has 1 aliphatic rings. The van der Waals surface area contributed by atoms with Gasteiger partial charge in [0.2, 0.25) is 5.91 Å². The van der Waals surface area contributed by atoms with Crippen LogP contribution in [0.1, 0.15) is 28.7 Å². The number of benzene rings is 3. The van der Waals surface area contributed by atoms with Gasteiger partial charge in [0, 0.05) is 17.1 Å². The van der Waals surface area contributed by atoms with E-state index in [1.807, 2.05) is 36.6 Å². The summed E-state index contributed by atoms with van der Waals surface area (Å²) in [5, 5.41) is 2.92. The lowest BCUT2D eigenvalue weighted by atomic mass is 10.0. The van der Waals surface area contributed by atoms with E-state index in [-0.39, 0.29) is 18.1 Å². The zero-order chi connectivity index (χ0) is 21.8. The molecule has 0 atom stereocenters. The lowest BCUT2D eigenvalue weighted by Crippen LogP contribution is -2.22. The summed E-state index contributed by atoms with van der Waals surface area (Å²) < 4.78 is 14.0. The van der Waals surface area contributed by atoms with Gasteiger partial charge in [-0.05, 0) is 88.2 Å². The van der Waals surface area contributed by atoms with Gasteiger partial charge in [0.15, 0.2) is 0 Å². The summed E-state index contributed by atoms with van der Waals surface area (Å²) in [6.45, 7) is 0.400. The number of nitrogens with two attached hydrogens (primary N) is 1. The third kappa shape index (κ3) is 5.06. The predicted molar refractivity (Wildman–Crippen MR) is 128 cm³/mol. The Bertz CT molecular complexity index is 1180. The van der Waals surface area contributed by atoms with Crippen LogP contribution in [0.4, 0.5) is 10.1 Å². The Morgan fingerprint density at radius 3 is 2.61 bits per heavy atom. The summed E-state index contributed by atoms with van der Waals surface area (Å²) in [4.78, 5) is 13.8. The van der Waals surface area contributed by atoms with Crippen LogP contribution < -0.4 is 11.1 Å². The number of thioether (sulfide) groups is 1. The van der Waals surface area contributed by atoms with Crippen molar-refractivity contribution in [3.63, 3.8) is 0 Å². The molecule has 0 aliphatic heterocycles. The number of nitrogen functional groups attached to an aromatic ring is 1. The molecule has 3 aromatic carbocycles. The van der Waals surface area contributed by atoms with Gasteiger partial charge >= 0.3 is 0 Å². The fourth-order valence-corrected chi connectivity index (χ4v) is 4.07. The van der Waals surface area contributed by atoms with Crippen LogP contribution in [-0.4, -0.2) is 12.2 Å². The maximum Gasteiger partial charge on any atom is 0.224 e. The highest BCUT2D eigenvalue weighted by Crippen LogP contribution is 2.38. The number of anilines is 1. The molecule has 0 fully saturated rings. The van der Waals surface area contributed by atoms with E-state index in [0.29, 0.717) is 12.2 Å². The fraction of sp³-hybridized carbons (Fsp3) is 0.115. The van der Waals surface area contributed by atoms with E-state index in [1.165, 1.54) is 17.0 Å². The molecule has 156 valence electrons. The number of allylic oxidation sites excluding steroid dienone is 2. The van der Waals surface area contributed by atoms with Gasteiger partial charge in [-0.1, -0.05) is 30.3 Å². The fourth-order valence-electron chi connectivity index (χ4n) is 3.66. The molecule has 3 N–H and O–H groups in total. The highest BCUT2D eigenvalue weighted by atomic mass is 32.2. The number of amides is 1. The number of carbonyl (C=O) groups is 1. The Kier molecular flexibility index (Phi) is 6.23. The summed E-state index contributed by atoms with van der Waals surface area (Å²) in [5.41, 5.74) is 12.0. The minimum Gasteiger partial charge on any atom is -0.399 e. The van der Waals surface area contributed by atoms with Crippen molar-refractivity contribution in [1.82, 2.24) is 5.32 Å². The van der Waals surface area contributed by atoms with Crippen molar-refractivity contribution in [1.29, 1.82) is 0 Å². The van der Waals surface area contributed by atoms with Crippen molar-refractivity contribution in [2.45, 2.75) is 17.9 Å². The molecule has 0 spiro atoms. The molecule has 0 saturated carbocycles. The summed E-state index contributed by atoms with van der Waals surface area (Å²) in [6.07, 6.45) is 6.27. The second-order valence-corrected chi connectivity index (χ2v) is 8.31. The van der Waals surface area contributed by atoms with Crippen LogP contribution in [0.5, 0.6) is 0 Å². The van der Waals surface area contributed by atoms with Gasteiger partial charge in [-0.3, -0.25) is 4.79 Å². The molecular formula is C26H23FN2OS. The van der Waals surface area contributed by atoms with E-state index in [4.69, 9.17) is 5.73 Å². The molecule has 3 nitrogen and oxygen atoms in total. The maximum absolute atomic E-state index is 14.0. The van der Waals surface area contributed by atoms with Crippen LogP contribution in [0.2, 0.25) is 0 Å². The van der Waals surface area contributed by atoms with Crippen LogP contribution in [-0.2, 0) is 11.3 Å². The van der Waals surface area contributed by atoms with Crippen LogP contribution in [0, 0.1) is 5.82 Å². The smallest absolute Gasteiger partial charge is 0.224 e. The third-order valence-electron chi connectivity index (χ3n) is 5.20. The second-order valence-electron chi connectivity index (χ2n) is 7.43. The first-order valence-electron chi connectivity index (χ1n) is 9.99. The van der Waals surface area contributed by atoms with Gasteiger partial charge in [0.25, 0.3) is 0 Å². The van der Waals surface area contributed by atoms with E-state index in [1.54, 1.807) is 17.8 Å². The largest absolute Gasteiger partial charge is 0.399 e. The molecule has 3 aromatic rings. The van der Waals surface area contributed by atoms with Gasteiger partial charge in [-0.2, -0.15) is 0 Å². The Morgan fingerprint density at radius 1 is 1.06 bits per heavy atom. The Morgan fingerprint density at radius 2 is 1.87 bits per heavy atom. The van der Waals surface area contributed by atoms with Crippen LogP contribution in [0.15, 0.2) is 77.7 Å². The van der Waals surface area contributed by atoms with Gasteiger partial charge in [-0.25, -0.2) is 4.39 Å². The lowest BCUT2D eigenvalue weighted by molar-refractivity contribution is -0.120. The molecule has 0 saturated heterocycles. The van der Waals surface area contributed by atoms with Crippen LogP contribution >= 0.6 is 11.8 Å². The number of rotatable bonds is 6. The van der Waals surface area contributed by atoms with Crippen molar-refractivity contribution < 1.29 is 9.18 Å². The van der Waals surface area contributed by atoms with Crippen LogP contribution in [0.3, 0.4) is 0 Å². The van der Waals surface area contributed by atoms with Gasteiger partial charge in [0.1, 0.15) is 5.82 Å². The monoisotopic (exact) mass is 430 g/mol. The molecule has 1 aliphatic carbocycles. The number of hydrogen-bond acceptors (Lipinski definition) is 3. The van der Waals surface area contributed by atoms with Gasteiger partial charge in [0.05, 0.1) is 6.42 Å². The number of fused-ring (bicyclic) bond motifs is 1. The molecule has 31 heavy (non-hydrogen) atoms. The summed E-state index contributed by atoms with van der Waals surface area (Å²) in [6, 6.07) is 20.4. The van der Waals surface area contributed by atoms with E-state index in [2.05, 4.69) is 35.7 Å². The van der Waals surface area contributed by atoms with Crippen molar-refractivity contribution in [3.05, 3.63) is 101 Å². The highest BCUT2D eigenvalue weighted by molar-refractivity contribution is 7.98. The van der Waals surface area contributed by atoms with Gasteiger partial charge in [-0.15, -0.1) is 11.8 Å². The number of halogens is 1. The first kappa shape index (κ1) is 20.9. The van der Waals surface area contributed by atoms with Crippen molar-refractivity contribution >= 4 is 40.6 Å². The van der Waals surface area contributed by atoms with E-state index in [9.17, 15) is 9.18 Å². The molecule has 1 amide bonds. The van der Waals surface area contributed by atoms with E-state index in [0.717, 1.165) is 33.4 Å². The maximum atomic E-state index is 14.0. The number of carbonyl (C=O) groups excluding carboxylic acids is 1. The normalized spacial score (nSPS) is 13.7. The van der Waals surface area contributed by atoms with Crippen molar-refractivity contribution in [3.8, 4) is 0 Å². The summed E-state index contributed by atoms with van der Waals surface area (Å²) in [7, 11) is 0. The van der Waals surface area contributed by atoms with Crippen molar-refractivity contribution in [2.75, 3.05) is 12.0 Å². The second kappa shape index (κ2) is 9.23. The van der Waals surface area contributed by atoms with E-state index < -0.39 is 0 Å². The third-order valence-corrected chi connectivity index (χ3v) is 5.94. The molecule has 0 unspecified atom stereocenters. The molecule has 0 heterocycles. The Hall–Kier alpha value is -3.31. The van der Waals surface area contributed by atoms with Gasteiger partial charge < -0.3 is 11.1 Å². The Balaban J connectivity index is 1.54. The van der Waals surface area contributed by atoms with Crippen LogP contribution in [0.25, 0.3) is 17.2 Å². The first-order valence-corrected chi connectivity index (χ1v) is 11.2.